The number of rotatable bonds is 2. The van der Waals surface area contributed by atoms with E-state index in [4.69, 9.17) is 11.6 Å². The van der Waals surface area contributed by atoms with Crippen LogP contribution in [0.15, 0.2) is 22.7 Å². The van der Waals surface area contributed by atoms with Gasteiger partial charge in [0.25, 0.3) is 0 Å². The molecule has 6 heteroatoms. The van der Waals surface area contributed by atoms with Crippen molar-refractivity contribution in [2.24, 2.45) is 5.92 Å². The van der Waals surface area contributed by atoms with Crippen molar-refractivity contribution >= 4 is 59.8 Å². The van der Waals surface area contributed by atoms with Crippen molar-refractivity contribution in [3.63, 3.8) is 0 Å². The van der Waals surface area contributed by atoms with Crippen LogP contribution in [-0.2, 0) is 4.79 Å². The van der Waals surface area contributed by atoms with Gasteiger partial charge in [-0.3, -0.25) is 4.79 Å². The summed E-state index contributed by atoms with van der Waals surface area (Å²) in [6, 6.07) is 4.92. The molecule has 2 atom stereocenters. The van der Waals surface area contributed by atoms with E-state index in [1.54, 1.807) is 6.07 Å². The lowest BCUT2D eigenvalue weighted by atomic mass is 10.1. The predicted octanol–water partition coefficient (Wildman–Crippen LogP) is 3.68. The summed E-state index contributed by atoms with van der Waals surface area (Å²) in [4.78, 5) is 10.8. The highest BCUT2D eigenvalue weighted by Gasteiger charge is 2.43. The molecule has 16 heavy (non-hydrogen) atoms. The van der Waals surface area contributed by atoms with Crippen molar-refractivity contribution in [3.05, 3.63) is 34.1 Å². The van der Waals surface area contributed by atoms with Gasteiger partial charge in [-0.25, -0.2) is 4.39 Å². The van der Waals surface area contributed by atoms with Gasteiger partial charge < -0.3 is 0 Å². The number of halogens is 3. The Hall–Kier alpha value is 0.290. The van der Waals surface area contributed by atoms with Crippen molar-refractivity contribution in [1.29, 1.82) is 0 Å². The first-order valence-electron chi connectivity index (χ1n) is 4.24. The van der Waals surface area contributed by atoms with Crippen molar-refractivity contribution in [3.8, 4) is 0 Å². The molecular formula is C10H11BrClFOS2. The van der Waals surface area contributed by atoms with Crippen LogP contribution in [-0.4, -0.2) is 5.24 Å². The van der Waals surface area contributed by atoms with Gasteiger partial charge in [-0.2, -0.15) is 27.0 Å². The lowest BCUT2D eigenvalue weighted by Gasteiger charge is -2.00. The largest absolute Gasteiger partial charge is 0.281 e. The van der Waals surface area contributed by atoms with Gasteiger partial charge in [0.2, 0.25) is 5.24 Å². The first kappa shape index (κ1) is 16.3. The molecule has 1 aromatic rings. The Labute approximate surface area is 121 Å². The number of hydrogen-bond donors (Lipinski definition) is 0. The molecule has 0 spiro atoms. The van der Waals surface area contributed by atoms with E-state index in [1.807, 2.05) is 6.07 Å². The van der Waals surface area contributed by atoms with Gasteiger partial charge >= 0.3 is 0 Å². The monoisotopic (exact) mass is 344 g/mol. The first-order chi connectivity index (χ1) is 6.59. The first-order valence-corrected chi connectivity index (χ1v) is 5.41. The zero-order valence-electron chi connectivity index (χ0n) is 8.14. The Morgan fingerprint density at radius 1 is 1.44 bits per heavy atom. The molecule has 0 amide bonds. The third-order valence-electron chi connectivity index (χ3n) is 2.45. The van der Waals surface area contributed by atoms with Crippen LogP contribution in [0.5, 0.6) is 0 Å². The summed E-state index contributed by atoms with van der Waals surface area (Å²) in [5, 5.41) is -0.321. The number of benzene rings is 1. The normalized spacial score (nSPS) is 21.7. The van der Waals surface area contributed by atoms with Crippen LogP contribution in [0.25, 0.3) is 0 Å². The van der Waals surface area contributed by atoms with E-state index in [1.165, 1.54) is 6.07 Å². The second-order valence-electron chi connectivity index (χ2n) is 3.43. The van der Waals surface area contributed by atoms with E-state index in [-0.39, 0.29) is 49.9 Å². The van der Waals surface area contributed by atoms with Crippen LogP contribution in [0.4, 0.5) is 4.39 Å². The summed E-state index contributed by atoms with van der Waals surface area (Å²) in [7, 11) is 0. The molecule has 0 radical (unpaired) electrons. The van der Waals surface area contributed by atoms with E-state index >= 15 is 0 Å². The zero-order chi connectivity index (χ0) is 10.3. The molecule has 90 valence electrons. The Bertz CT molecular complexity index is 402. The fourth-order valence-electron chi connectivity index (χ4n) is 1.56. The van der Waals surface area contributed by atoms with Crippen LogP contribution in [0.2, 0.25) is 0 Å². The van der Waals surface area contributed by atoms with Crippen LogP contribution in [0.3, 0.4) is 0 Å². The van der Waals surface area contributed by atoms with Gasteiger partial charge in [-0.1, -0.05) is 6.07 Å². The SMILES string of the molecule is O=C(Cl)[C@H]1C[C@@H]1c1ccc(Br)c(F)c1.S.S. The molecule has 0 heterocycles. The highest BCUT2D eigenvalue weighted by molar-refractivity contribution is 9.10. The molecule has 0 bridgehead atoms. The van der Waals surface area contributed by atoms with E-state index < -0.39 is 0 Å². The summed E-state index contributed by atoms with van der Waals surface area (Å²) in [5.74, 6) is -0.296. The molecule has 1 nitrogen and oxygen atoms in total. The average Bonchev–Trinajstić information content (AvgIpc) is 2.89. The lowest BCUT2D eigenvalue weighted by molar-refractivity contribution is -0.112. The van der Waals surface area contributed by atoms with Crippen LogP contribution in [0, 0.1) is 11.7 Å². The second kappa shape index (κ2) is 6.28. The van der Waals surface area contributed by atoms with Gasteiger partial charge in [0.1, 0.15) is 5.82 Å². The number of hydrogen-bond acceptors (Lipinski definition) is 1. The molecule has 1 aliphatic carbocycles. The molecule has 2 rings (SSSR count). The third-order valence-corrected chi connectivity index (χ3v) is 3.38. The average molecular weight is 346 g/mol. The van der Waals surface area contributed by atoms with Gasteiger partial charge in [0, 0.05) is 5.92 Å². The minimum Gasteiger partial charge on any atom is -0.281 e. The Balaban J connectivity index is 0.00000112. The van der Waals surface area contributed by atoms with Gasteiger partial charge in [0.15, 0.2) is 0 Å². The second-order valence-corrected chi connectivity index (χ2v) is 4.65. The topological polar surface area (TPSA) is 17.1 Å². The summed E-state index contributed by atoms with van der Waals surface area (Å²) in [6.07, 6.45) is 0.739. The molecular weight excluding hydrogens is 335 g/mol. The molecule has 1 fully saturated rings. The van der Waals surface area contributed by atoms with Crippen LogP contribution < -0.4 is 0 Å². The number of carbonyl (C=O) groups is 1. The molecule has 0 aromatic heterocycles. The molecule has 1 saturated carbocycles. The molecule has 0 N–H and O–H groups in total. The van der Waals surface area contributed by atoms with Gasteiger partial charge in [-0.15, -0.1) is 0 Å². The summed E-state index contributed by atoms with van der Waals surface area (Å²) >= 11 is 8.42. The third kappa shape index (κ3) is 3.39. The van der Waals surface area contributed by atoms with Gasteiger partial charge in [0.05, 0.1) is 4.47 Å². The predicted molar refractivity (Wildman–Crippen MR) is 76.6 cm³/mol. The smallest absolute Gasteiger partial charge is 0.225 e. The van der Waals surface area contributed by atoms with Crippen LogP contribution >= 0.6 is 54.5 Å². The van der Waals surface area contributed by atoms with E-state index in [0.29, 0.717) is 4.47 Å². The van der Waals surface area contributed by atoms with Crippen molar-refractivity contribution in [2.45, 2.75) is 12.3 Å². The van der Waals surface area contributed by atoms with Crippen molar-refractivity contribution in [1.82, 2.24) is 0 Å². The fraction of sp³-hybridized carbons (Fsp3) is 0.300. The maximum atomic E-state index is 13.1. The van der Waals surface area contributed by atoms with Crippen LogP contribution in [0.1, 0.15) is 17.9 Å². The molecule has 1 aromatic carbocycles. The minimum absolute atomic E-state index is 0. The summed E-state index contributed by atoms with van der Waals surface area (Å²) < 4.78 is 13.6. The summed E-state index contributed by atoms with van der Waals surface area (Å²) in [6.45, 7) is 0. The molecule has 0 saturated heterocycles. The lowest BCUT2D eigenvalue weighted by Crippen LogP contribution is -1.92. The maximum Gasteiger partial charge on any atom is 0.225 e. The van der Waals surface area contributed by atoms with Gasteiger partial charge in [-0.05, 0) is 57.6 Å². The zero-order valence-corrected chi connectivity index (χ0v) is 12.5. The van der Waals surface area contributed by atoms with E-state index in [2.05, 4.69) is 15.9 Å². The molecule has 0 aliphatic heterocycles. The van der Waals surface area contributed by atoms with E-state index in [9.17, 15) is 9.18 Å². The molecule has 1 aliphatic rings. The highest BCUT2D eigenvalue weighted by atomic mass is 79.9. The Morgan fingerprint density at radius 2 is 2.06 bits per heavy atom. The Kier molecular flexibility index (Phi) is 6.40. The summed E-state index contributed by atoms with van der Waals surface area (Å²) in [5.41, 5.74) is 0.852. The van der Waals surface area contributed by atoms with Crippen molar-refractivity contribution in [2.75, 3.05) is 0 Å². The van der Waals surface area contributed by atoms with E-state index in [0.717, 1.165) is 12.0 Å². The quantitative estimate of drug-likeness (QED) is 0.747. The molecule has 0 unspecified atom stereocenters. The van der Waals surface area contributed by atoms with Crippen molar-refractivity contribution < 1.29 is 9.18 Å². The highest BCUT2D eigenvalue weighted by Crippen LogP contribution is 2.48. The standard InChI is InChI=1S/C10H7BrClFO.2H2S/c11-8-2-1-5(3-9(8)13)6-4-7(6)10(12)14;;/h1-3,6-7H,4H2;2*1H2/t6-,7+;;/m1../s1. The minimum atomic E-state index is -0.321. The Morgan fingerprint density at radius 3 is 2.50 bits per heavy atom. The number of carbonyl (C=O) groups excluding carboxylic acids is 1. The maximum absolute atomic E-state index is 13.1. The fourth-order valence-corrected chi connectivity index (χ4v) is 2.05.